The number of rotatable bonds is 6. The number of thioether (sulfide) groups is 1. The van der Waals surface area contributed by atoms with Crippen molar-refractivity contribution < 1.29 is 38.0 Å². The van der Waals surface area contributed by atoms with E-state index >= 15 is 0 Å². The Morgan fingerprint density at radius 3 is 2.50 bits per heavy atom. The molecule has 1 saturated heterocycles. The van der Waals surface area contributed by atoms with Crippen LogP contribution < -0.4 is 16.7 Å². The number of amides is 1. The van der Waals surface area contributed by atoms with Gasteiger partial charge >= 0.3 is 0 Å². The lowest BCUT2D eigenvalue weighted by Crippen LogP contribution is -2.65. The van der Waals surface area contributed by atoms with Gasteiger partial charge in [0.05, 0.1) is 12.3 Å². The number of benzene rings is 2. The van der Waals surface area contributed by atoms with Crippen molar-refractivity contribution in [1.29, 1.82) is 0 Å². The van der Waals surface area contributed by atoms with E-state index in [0.29, 0.717) is 4.90 Å². The summed E-state index contributed by atoms with van der Waals surface area (Å²) in [6.07, 6.45) is -2.46. The van der Waals surface area contributed by atoms with E-state index in [0.717, 1.165) is 23.9 Å². The lowest BCUT2D eigenvalue weighted by atomic mass is 9.97. The van der Waals surface area contributed by atoms with Crippen LogP contribution in [0.4, 0.5) is 13.2 Å². The number of aliphatic hydroxyl groups excluding tert-OH is 3. The molecule has 1 amide bonds. The highest BCUT2D eigenvalue weighted by Gasteiger charge is 2.48. The molecule has 2 aliphatic rings. The number of hydrazine groups is 2. The molecule has 0 aliphatic carbocycles. The van der Waals surface area contributed by atoms with Crippen molar-refractivity contribution >= 4 is 23.4 Å². The highest BCUT2D eigenvalue weighted by atomic mass is 32.2. The molecular weight excluding hydrogens is 477 g/mol. The predicted octanol–water partition coefficient (Wildman–Crippen LogP) is 0.426. The van der Waals surface area contributed by atoms with Crippen LogP contribution >= 0.6 is 11.8 Å². The van der Waals surface area contributed by atoms with Gasteiger partial charge < -0.3 is 31.2 Å². The third kappa shape index (κ3) is 4.71. The van der Waals surface area contributed by atoms with Gasteiger partial charge in [0, 0.05) is 22.2 Å². The summed E-state index contributed by atoms with van der Waals surface area (Å²) in [7, 11) is 0. The lowest BCUT2D eigenvalue weighted by molar-refractivity contribution is -0.189. The van der Waals surface area contributed by atoms with Crippen molar-refractivity contribution in [1.82, 2.24) is 16.0 Å². The maximum atomic E-state index is 13.6. The fourth-order valence-corrected chi connectivity index (χ4v) is 4.82. The van der Waals surface area contributed by atoms with E-state index in [4.69, 9.17) is 10.5 Å². The Kier molecular flexibility index (Phi) is 7.02. The monoisotopic (exact) mass is 498 g/mol. The smallest absolute Gasteiger partial charge is 0.248 e. The molecule has 2 unspecified atom stereocenters. The Bertz CT molecular complexity index is 1100. The fraction of sp³-hybridized carbons (Fsp3) is 0.286. The van der Waals surface area contributed by atoms with Crippen LogP contribution in [0.5, 0.6) is 0 Å². The Balaban J connectivity index is 1.59. The molecule has 182 valence electrons. The Hall–Kier alpha value is -2.81. The largest absolute Gasteiger partial charge is 0.394 e. The summed E-state index contributed by atoms with van der Waals surface area (Å²) in [5, 5.41) is 32.7. The molecule has 0 saturated carbocycles. The number of halogens is 3. The Labute approximate surface area is 195 Å². The van der Waals surface area contributed by atoms with E-state index in [9.17, 15) is 33.3 Å². The number of hydrogen-bond acceptors (Lipinski definition) is 9. The van der Waals surface area contributed by atoms with Crippen molar-refractivity contribution in [3.8, 4) is 0 Å². The van der Waals surface area contributed by atoms with E-state index in [1.54, 1.807) is 12.1 Å². The van der Waals surface area contributed by atoms with Crippen LogP contribution in [0.1, 0.15) is 15.9 Å². The second kappa shape index (κ2) is 9.82. The first-order valence-electron chi connectivity index (χ1n) is 10.0. The second-order valence-corrected chi connectivity index (χ2v) is 8.82. The number of carbonyl (C=O) groups excluding carboxylic acids is 1. The topological polar surface area (TPSA) is 140 Å². The number of nitrogens with one attached hydrogen (secondary N) is 2. The summed E-state index contributed by atoms with van der Waals surface area (Å²) in [6, 6.07) is 6.83. The standard InChI is InChI=1S/C21H21F3N4O5S/c22-12-5-10(6-13(23)16(12)24)14-7-28(27-26-14)17-18(30)15(8-29)33-21(19(17)31)34-11-3-1-2-9(4-11)20(25)32/h1-7,15,17-19,21,26-27,29-31H,8H2,(H2,25,32)/t15?,17-,18-,19?,21+/m0/s1. The van der Waals surface area contributed by atoms with E-state index in [-0.39, 0.29) is 16.8 Å². The highest BCUT2D eigenvalue weighted by molar-refractivity contribution is 7.99. The predicted molar refractivity (Wildman–Crippen MR) is 115 cm³/mol. The number of nitrogens with zero attached hydrogens (tertiary/aromatic N) is 1. The van der Waals surface area contributed by atoms with Crippen LogP contribution in [-0.2, 0) is 4.74 Å². The van der Waals surface area contributed by atoms with Crippen LogP contribution in [0.25, 0.3) is 5.70 Å². The maximum absolute atomic E-state index is 13.6. The van der Waals surface area contributed by atoms with Crippen LogP contribution in [-0.4, -0.2) is 62.6 Å². The highest BCUT2D eigenvalue weighted by Crippen LogP contribution is 2.36. The van der Waals surface area contributed by atoms with Gasteiger partial charge in [-0.3, -0.25) is 9.80 Å². The average Bonchev–Trinajstić information content (AvgIpc) is 3.29. The van der Waals surface area contributed by atoms with Gasteiger partial charge in [0.25, 0.3) is 0 Å². The molecule has 13 heteroatoms. The van der Waals surface area contributed by atoms with E-state index < -0.39 is 59.8 Å². The number of primary amides is 1. The summed E-state index contributed by atoms with van der Waals surface area (Å²) in [5.41, 5.74) is 10.0. The first-order valence-corrected chi connectivity index (χ1v) is 10.9. The van der Waals surface area contributed by atoms with Gasteiger partial charge in [0.15, 0.2) is 17.5 Å². The minimum absolute atomic E-state index is 0.0182. The molecule has 1 fully saturated rings. The van der Waals surface area contributed by atoms with E-state index in [2.05, 4.69) is 11.0 Å². The third-order valence-corrected chi connectivity index (χ3v) is 6.57. The second-order valence-electron chi connectivity index (χ2n) is 7.65. The molecule has 0 spiro atoms. The van der Waals surface area contributed by atoms with Crippen LogP contribution in [0.15, 0.2) is 47.5 Å². The van der Waals surface area contributed by atoms with Gasteiger partial charge in [0.1, 0.15) is 29.8 Å². The number of hydrogen-bond donors (Lipinski definition) is 6. The van der Waals surface area contributed by atoms with Crippen molar-refractivity contribution in [3.63, 3.8) is 0 Å². The molecule has 0 bridgehead atoms. The molecule has 4 rings (SSSR count). The lowest BCUT2D eigenvalue weighted by Gasteiger charge is -2.45. The van der Waals surface area contributed by atoms with Gasteiger partial charge in [-0.1, -0.05) is 17.8 Å². The molecule has 9 nitrogen and oxygen atoms in total. The summed E-state index contributed by atoms with van der Waals surface area (Å²) in [6.45, 7) is -0.561. The molecular formula is C21H21F3N4O5S. The van der Waals surface area contributed by atoms with Crippen molar-refractivity contribution in [2.24, 2.45) is 5.73 Å². The first kappa shape index (κ1) is 24.3. The van der Waals surface area contributed by atoms with Crippen LogP contribution in [0.2, 0.25) is 0 Å². The minimum atomic E-state index is -1.60. The van der Waals surface area contributed by atoms with Gasteiger partial charge in [-0.05, 0) is 30.3 Å². The normalized spacial score (nSPS) is 26.8. The van der Waals surface area contributed by atoms with E-state index in [1.807, 2.05) is 0 Å². The molecule has 7 N–H and O–H groups in total. The zero-order valence-electron chi connectivity index (χ0n) is 17.4. The van der Waals surface area contributed by atoms with Gasteiger partial charge in [0.2, 0.25) is 5.91 Å². The molecule has 5 atom stereocenters. The van der Waals surface area contributed by atoms with Gasteiger partial charge in [-0.2, -0.15) is 0 Å². The molecule has 34 heavy (non-hydrogen) atoms. The SMILES string of the molecule is NC(=O)c1cccc(S[C@H]2OC(CO)[C@H](O)[C@H](N3C=C(c4cc(F)c(F)c(F)c4)NN3)C2O)c1. The van der Waals surface area contributed by atoms with Crippen molar-refractivity contribution in [3.05, 3.63) is 71.2 Å². The zero-order valence-corrected chi connectivity index (χ0v) is 18.2. The summed E-state index contributed by atoms with van der Waals surface area (Å²) >= 11 is 1.05. The van der Waals surface area contributed by atoms with Crippen LogP contribution in [0, 0.1) is 17.5 Å². The molecule has 2 aliphatic heterocycles. The van der Waals surface area contributed by atoms with Crippen molar-refractivity contribution in [2.75, 3.05) is 6.61 Å². The molecule has 0 aromatic heterocycles. The number of carbonyl (C=O) groups is 1. The molecule has 2 heterocycles. The number of aliphatic hydroxyl groups is 3. The average molecular weight is 498 g/mol. The van der Waals surface area contributed by atoms with E-state index in [1.165, 1.54) is 23.3 Å². The van der Waals surface area contributed by atoms with Crippen molar-refractivity contribution in [2.45, 2.75) is 34.7 Å². The van der Waals surface area contributed by atoms with Gasteiger partial charge in [-0.15, -0.1) is 5.53 Å². The Morgan fingerprint density at radius 2 is 1.85 bits per heavy atom. The maximum Gasteiger partial charge on any atom is 0.248 e. The molecule has 0 radical (unpaired) electrons. The summed E-state index contributed by atoms with van der Waals surface area (Å²) in [4.78, 5) is 12.0. The fourth-order valence-electron chi connectivity index (χ4n) is 3.70. The molecule has 2 aromatic rings. The first-order chi connectivity index (χ1) is 16.2. The van der Waals surface area contributed by atoms with Gasteiger partial charge in [-0.25, -0.2) is 13.2 Å². The zero-order chi connectivity index (χ0) is 24.6. The number of ether oxygens (including phenoxy) is 1. The summed E-state index contributed by atoms with van der Waals surface area (Å²) < 4.78 is 46.2. The Morgan fingerprint density at radius 1 is 1.15 bits per heavy atom. The quantitative estimate of drug-likeness (QED) is 0.313. The summed E-state index contributed by atoms with van der Waals surface area (Å²) in [5.74, 6) is -4.99. The van der Waals surface area contributed by atoms with Crippen LogP contribution in [0.3, 0.4) is 0 Å². The minimum Gasteiger partial charge on any atom is -0.394 e. The number of nitrogens with two attached hydrogens (primary N) is 1. The third-order valence-electron chi connectivity index (χ3n) is 5.42. The molecule has 2 aromatic carbocycles.